The fourth-order valence-corrected chi connectivity index (χ4v) is 2.85. The normalized spacial score (nSPS) is 14.3. The van der Waals surface area contributed by atoms with Crippen LogP contribution in [0.1, 0.15) is 26.7 Å². The number of nitro groups is 1. The first-order valence-electron chi connectivity index (χ1n) is 8.86. The van der Waals surface area contributed by atoms with Crippen LogP contribution in [-0.4, -0.2) is 72.3 Å². The van der Waals surface area contributed by atoms with Crippen LogP contribution in [0.2, 0.25) is 0 Å². The number of carbonyl (C=O) groups is 1. The van der Waals surface area contributed by atoms with Gasteiger partial charge in [0.2, 0.25) is 11.6 Å². The summed E-state index contributed by atoms with van der Waals surface area (Å²) in [4.78, 5) is 36.6. The molecule has 1 aromatic rings. The fourth-order valence-electron chi connectivity index (χ4n) is 2.85. The Hall–Kier alpha value is -2.65. The van der Waals surface area contributed by atoms with Gasteiger partial charge < -0.3 is 19.4 Å². The van der Waals surface area contributed by atoms with Crippen LogP contribution in [-0.2, 0) is 4.74 Å². The second-order valence-corrected chi connectivity index (χ2v) is 6.07. The summed E-state index contributed by atoms with van der Waals surface area (Å²) in [6, 6.07) is 0. The molecule has 10 heteroatoms. The lowest BCUT2D eigenvalue weighted by Crippen LogP contribution is -2.49. The van der Waals surface area contributed by atoms with Gasteiger partial charge in [0.1, 0.15) is 6.33 Å². The van der Waals surface area contributed by atoms with Crippen LogP contribution in [0.25, 0.3) is 0 Å². The molecule has 26 heavy (non-hydrogen) atoms. The van der Waals surface area contributed by atoms with Crippen LogP contribution < -0.4 is 9.80 Å². The number of anilines is 2. The predicted molar refractivity (Wildman–Crippen MR) is 97.7 cm³/mol. The largest absolute Gasteiger partial charge is 0.450 e. The molecule has 0 aliphatic carbocycles. The monoisotopic (exact) mass is 366 g/mol. The minimum Gasteiger partial charge on any atom is -0.450 e. The lowest BCUT2D eigenvalue weighted by molar-refractivity contribution is -0.383. The summed E-state index contributed by atoms with van der Waals surface area (Å²) in [5.74, 6) is 0.619. The molecule has 1 aliphatic heterocycles. The molecule has 2 rings (SSSR count). The first-order chi connectivity index (χ1) is 12.5. The molecule has 0 atom stereocenters. The highest BCUT2D eigenvalue weighted by Gasteiger charge is 2.31. The van der Waals surface area contributed by atoms with Crippen molar-refractivity contribution in [3.63, 3.8) is 0 Å². The summed E-state index contributed by atoms with van der Waals surface area (Å²) < 4.78 is 5.00. The van der Waals surface area contributed by atoms with E-state index in [9.17, 15) is 14.9 Å². The van der Waals surface area contributed by atoms with Crippen LogP contribution in [0, 0.1) is 10.1 Å². The number of nitrogens with zero attached hydrogens (tertiary/aromatic N) is 6. The average Bonchev–Trinajstić information content (AvgIpc) is 2.65. The third kappa shape index (κ3) is 4.50. The Morgan fingerprint density at radius 2 is 2.00 bits per heavy atom. The second kappa shape index (κ2) is 9.16. The van der Waals surface area contributed by atoms with Gasteiger partial charge in [0.15, 0.2) is 0 Å². The maximum atomic E-state index is 11.8. The Morgan fingerprint density at radius 3 is 2.58 bits per heavy atom. The number of unbranched alkanes of at least 4 members (excludes halogenated alkanes) is 1. The van der Waals surface area contributed by atoms with E-state index in [1.165, 1.54) is 6.33 Å². The molecule has 0 N–H and O–H groups in total. The topological polar surface area (TPSA) is 105 Å². The van der Waals surface area contributed by atoms with Crippen molar-refractivity contribution in [3.8, 4) is 0 Å². The van der Waals surface area contributed by atoms with Crippen molar-refractivity contribution in [2.45, 2.75) is 26.7 Å². The summed E-state index contributed by atoms with van der Waals surface area (Å²) in [6.45, 7) is 6.60. The first kappa shape index (κ1) is 19.7. The first-order valence-corrected chi connectivity index (χ1v) is 8.86. The molecule has 10 nitrogen and oxygen atoms in total. The van der Waals surface area contributed by atoms with Crippen molar-refractivity contribution in [2.75, 3.05) is 56.2 Å². The molecule has 1 aliphatic rings. The molecule has 1 fully saturated rings. The molecule has 1 aromatic heterocycles. The van der Waals surface area contributed by atoms with Gasteiger partial charge in [-0.3, -0.25) is 10.1 Å². The molecular weight excluding hydrogens is 340 g/mol. The van der Waals surface area contributed by atoms with E-state index in [-0.39, 0.29) is 11.8 Å². The van der Waals surface area contributed by atoms with Gasteiger partial charge in [-0.2, -0.15) is 0 Å². The molecule has 144 valence electrons. The van der Waals surface area contributed by atoms with Gasteiger partial charge in [0.05, 0.1) is 11.5 Å². The van der Waals surface area contributed by atoms with Crippen molar-refractivity contribution in [1.82, 2.24) is 14.9 Å². The van der Waals surface area contributed by atoms with E-state index in [1.54, 1.807) is 23.8 Å². The lowest BCUT2D eigenvalue weighted by Gasteiger charge is -2.34. The van der Waals surface area contributed by atoms with Crippen LogP contribution in [0.3, 0.4) is 0 Å². The van der Waals surface area contributed by atoms with Crippen molar-refractivity contribution in [1.29, 1.82) is 0 Å². The Bertz CT molecular complexity index is 633. The van der Waals surface area contributed by atoms with E-state index in [0.29, 0.717) is 51.0 Å². The Kier molecular flexibility index (Phi) is 6.93. The number of carbonyl (C=O) groups excluding carboxylic acids is 1. The second-order valence-electron chi connectivity index (χ2n) is 6.07. The number of ether oxygens (including phenoxy) is 1. The molecule has 0 bridgehead atoms. The van der Waals surface area contributed by atoms with Crippen LogP contribution in [0.15, 0.2) is 6.33 Å². The molecule has 0 radical (unpaired) electrons. The van der Waals surface area contributed by atoms with Gasteiger partial charge in [-0.15, -0.1) is 0 Å². The number of piperazine rings is 1. The zero-order valence-electron chi connectivity index (χ0n) is 15.6. The fraction of sp³-hybridized carbons (Fsp3) is 0.688. The highest BCUT2D eigenvalue weighted by molar-refractivity contribution is 5.72. The van der Waals surface area contributed by atoms with Gasteiger partial charge in [-0.05, 0) is 13.3 Å². The zero-order chi connectivity index (χ0) is 19.1. The van der Waals surface area contributed by atoms with Crippen LogP contribution in [0.5, 0.6) is 0 Å². The van der Waals surface area contributed by atoms with E-state index in [4.69, 9.17) is 4.74 Å². The summed E-state index contributed by atoms with van der Waals surface area (Å²) in [5, 5.41) is 11.7. The number of amides is 1. The highest BCUT2D eigenvalue weighted by Crippen LogP contribution is 2.34. The van der Waals surface area contributed by atoms with Crippen molar-refractivity contribution in [2.24, 2.45) is 0 Å². The van der Waals surface area contributed by atoms with Crippen molar-refractivity contribution in [3.05, 3.63) is 16.4 Å². The summed E-state index contributed by atoms with van der Waals surface area (Å²) >= 11 is 0. The number of hydrogen-bond donors (Lipinski definition) is 0. The third-order valence-corrected chi connectivity index (χ3v) is 4.28. The summed E-state index contributed by atoms with van der Waals surface area (Å²) in [7, 11) is 1.80. The molecular formula is C16H26N6O4. The van der Waals surface area contributed by atoms with Crippen molar-refractivity contribution < 1.29 is 14.5 Å². The molecule has 0 unspecified atom stereocenters. The molecule has 0 spiro atoms. The standard InChI is InChI=1S/C16H26N6O4/c1-4-6-7-19(3)14-13(22(24)25)15(18-12-17-14)20-8-10-21(11-9-20)16(23)26-5-2/h12H,4-11H2,1-3H3. The average molecular weight is 366 g/mol. The Morgan fingerprint density at radius 1 is 1.31 bits per heavy atom. The number of rotatable bonds is 7. The molecule has 0 saturated carbocycles. The Balaban J connectivity index is 2.19. The van der Waals surface area contributed by atoms with E-state index in [1.807, 2.05) is 4.90 Å². The number of aromatic nitrogens is 2. The lowest BCUT2D eigenvalue weighted by atomic mass is 10.2. The van der Waals surface area contributed by atoms with E-state index in [2.05, 4.69) is 16.9 Å². The van der Waals surface area contributed by atoms with Gasteiger partial charge >= 0.3 is 11.8 Å². The third-order valence-electron chi connectivity index (χ3n) is 4.28. The van der Waals surface area contributed by atoms with Gasteiger partial charge in [-0.25, -0.2) is 14.8 Å². The van der Waals surface area contributed by atoms with E-state index >= 15 is 0 Å². The molecule has 1 amide bonds. The van der Waals surface area contributed by atoms with Crippen LogP contribution >= 0.6 is 0 Å². The van der Waals surface area contributed by atoms with Gasteiger partial charge in [0, 0.05) is 39.8 Å². The highest BCUT2D eigenvalue weighted by atomic mass is 16.6. The predicted octanol–water partition coefficient (Wildman–Crippen LogP) is 1.90. The minimum absolute atomic E-state index is 0.0873. The molecule has 2 heterocycles. The maximum absolute atomic E-state index is 11.8. The van der Waals surface area contributed by atoms with Crippen molar-refractivity contribution >= 4 is 23.4 Å². The number of hydrogen-bond acceptors (Lipinski definition) is 8. The quantitative estimate of drug-likeness (QED) is 0.532. The summed E-state index contributed by atoms with van der Waals surface area (Å²) in [5.41, 5.74) is -0.0873. The van der Waals surface area contributed by atoms with E-state index < -0.39 is 4.92 Å². The van der Waals surface area contributed by atoms with Crippen LogP contribution in [0.4, 0.5) is 22.1 Å². The maximum Gasteiger partial charge on any atom is 0.409 e. The zero-order valence-corrected chi connectivity index (χ0v) is 15.6. The van der Waals surface area contributed by atoms with Gasteiger partial charge in [0.25, 0.3) is 0 Å². The van der Waals surface area contributed by atoms with Gasteiger partial charge in [-0.1, -0.05) is 13.3 Å². The summed E-state index contributed by atoms with van der Waals surface area (Å²) in [6.07, 6.45) is 2.92. The minimum atomic E-state index is -0.426. The van der Waals surface area contributed by atoms with E-state index in [0.717, 1.165) is 12.8 Å². The SMILES string of the molecule is CCCCN(C)c1ncnc(N2CCN(C(=O)OCC)CC2)c1[N+](=O)[O-]. The smallest absolute Gasteiger partial charge is 0.409 e. The molecule has 0 aromatic carbocycles. The Labute approximate surface area is 152 Å². The molecule has 1 saturated heterocycles.